The van der Waals surface area contributed by atoms with Gasteiger partial charge in [0.1, 0.15) is 11.0 Å². The van der Waals surface area contributed by atoms with Gasteiger partial charge < -0.3 is 10.2 Å². The topological polar surface area (TPSA) is 44.3 Å². The van der Waals surface area contributed by atoms with E-state index in [1.54, 1.807) is 11.8 Å². The van der Waals surface area contributed by atoms with Crippen molar-refractivity contribution in [1.29, 1.82) is 0 Å². The van der Waals surface area contributed by atoms with E-state index in [4.69, 9.17) is 16.6 Å². The van der Waals surface area contributed by atoms with Crippen molar-refractivity contribution >= 4 is 35.1 Å². The number of hydrogen-bond donors (Lipinski definition) is 1. The molecule has 5 nitrogen and oxygen atoms in total. The van der Waals surface area contributed by atoms with Gasteiger partial charge in [0.2, 0.25) is 5.95 Å². The van der Waals surface area contributed by atoms with E-state index < -0.39 is 0 Å². The van der Waals surface area contributed by atoms with Gasteiger partial charge in [-0.15, -0.1) is 11.8 Å². The smallest absolute Gasteiger partial charge is 0.228 e. The third-order valence-electron chi connectivity index (χ3n) is 4.64. The van der Waals surface area contributed by atoms with Crippen LogP contribution in [0.1, 0.15) is 47.0 Å². The van der Waals surface area contributed by atoms with Crippen LogP contribution in [0.3, 0.4) is 0 Å². The van der Waals surface area contributed by atoms with Crippen LogP contribution in [0.15, 0.2) is 4.90 Å². The summed E-state index contributed by atoms with van der Waals surface area (Å²) in [6.45, 7) is 12.8. The molecule has 1 fully saturated rings. The summed E-state index contributed by atoms with van der Waals surface area (Å²) < 4.78 is 0. The van der Waals surface area contributed by atoms with E-state index in [9.17, 15) is 0 Å². The van der Waals surface area contributed by atoms with E-state index >= 15 is 0 Å². The summed E-state index contributed by atoms with van der Waals surface area (Å²) in [6.07, 6.45) is 5.71. The third kappa shape index (κ3) is 5.63. The van der Waals surface area contributed by atoms with E-state index in [-0.39, 0.29) is 0 Å². The third-order valence-corrected chi connectivity index (χ3v) is 5.82. The minimum Gasteiger partial charge on any atom is -0.368 e. The molecule has 1 aromatic rings. The Bertz CT molecular complexity index is 539. The standard InChI is InChI=1S/C18H32ClN5S/c1-13(2)24(14(3)4)12-9-20-17-15(25-5)16(19)21-18(22-17)23-10-7-6-8-11-23/h13-14H,6-12H2,1-5H3,(H,20,21,22). The van der Waals surface area contributed by atoms with Crippen LogP contribution >= 0.6 is 23.4 Å². The van der Waals surface area contributed by atoms with Crippen molar-refractivity contribution in [2.24, 2.45) is 0 Å². The average Bonchev–Trinajstić information content (AvgIpc) is 2.58. The van der Waals surface area contributed by atoms with Gasteiger partial charge in [-0.3, -0.25) is 4.90 Å². The molecule has 0 aromatic carbocycles. The highest BCUT2D eigenvalue weighted by Crippen LogP contribution is 2.32. The molecular weight excluding hydrogens is 354 g/mol. The predicted molar refractivity (Wildman–Crippen MR) is 110 cm³/mol. The fraction of sp³-hybridized carbons (Fsp3) is 0.778. The second-order valence-corrected chi connectivity index (χ2v) is 8.27. The minimum atomic E-state index is 0.528. The molecule has 0 spiro atoms. The van der Waals surface area contributed by atoms with Crippen molar-refractivity contribution in [3.05, 3.63) is 5.15 Å². The fourth-order valence-corrected chi connectivity index (χ4v) is 4.29. The zero-order valence-electron chi connectivity index (χ0n) is 16.2. The number of halogens is 1. The number of nitrogens with one attached hydrogen (secondary N) is 1. The molecule has 7 heteroatoms. The summed E-state index contributed by atoms with van der Waals surface area (Å²) >= 11 is 8.04. The Kier molecular flexibility index (Phi) is 8.10. The highest BCUT2D eigenvalue weighted by atomic mass is 35.5. The summed E-state index contributed by atoms with van der Waals surface area (Å²) in [4.78, 5) is 15.0. The molecule has 0 amide bonds. The molecule has 0 aliphatic carbocycles. The van der Waals surface area contributed by atoms with Crippen LogP contribution in [0.25, 0.3) is 0 Å². The SMILES string of the molecule is CSc1c(Cl)nc(N2CCCCC2)nc1NCCN(C(C)C)C(C)C. The van der Waals surface area contributed by atoms with E-state index in [0.717, 1.165) is 42.8 Å². The number of anilines is 2. The highest BCUT2D eigenvalue weighted by molar-refractivity contribution is 7.98. The van der Waals surface area contributed by atoms with Gasteiger partial charge in [-0.1, -0.05) is 11.6 Å². The molecule has 2 heterocycles. The van der Waals surface area contributed by atoms with Crippen LogP contribution in [-0.2, 0) is 0 Å². The number of rotatable bonds is 8. The summed E-state index contributed by atoms with van der Waals surface area (Å²) in [7, 11) is 0. The van der Waals surface area contributed by atoms with Gasteiger partial charge in [-0.25, -0.2) is 0 Å². The van der Waals surface area contributed by atoms with Gasteiger partial charge in [-0.05, 0) is 53.2 Å². The molecule has 2 rings (SSSR count). The summed E-state index contributed by atoms with van der Waals surface area (Å²) in [5, 5.41) is 4.05. The molecule has 1 aliphatic rings. The number of thioether (sulfide) groups is 1. The number of hydrogen-bond acceptors (Lipinski definition) is 6. The molecule has 0 bridgehead atoms. The number of aromatic nitrogens is 2. The lowest BCUT2D eigenvalue weighted by atomic mass is 10.1. The van der Waals surface area contributed by atoms with Gasteiger partial charge in [0.05, 0.1) is 4.90 Å². The molecule has 0 unspecified atom stereocenters. The van der Waals surface area contributed by atoms with Crippen molar-refractivity contribution in [3.63, 3.8) is 0 Å². The molecule has 1 saturated heterocycles. The maximum atomic E-state index is 6.45. The zero-order chi connectivity index (χ0) is 18.4. The quantitative estimate of drug-likeness (QED) is 0.529. The fourth-order valence-electron chi connectivity index (χ4n) is 3.36. The van der Waals surface area contributed by atoms with Crippen LogP contribution in [-0.4, -0.2) is 59.4 Å². The second-order valence-electron chi connectivity index (χ2n) is 7.10. The van der Waals surface area contributed by atoms with Crippen molar-refractivity contribution in [1.82, 2.24) is 14.9 Å². The first-order valence-corrected chi connectivity index (χ1v) is 10.9. The molecular formula is C18H32ClN5S. The summed E-state index contributed by atoms with van der Waals surface area (Å²) in [5.41, 5.74) is 0. The van der Waals surface area contributed by atoms with Crippen LogP contribution in [0.5, 0.6) is 0 Å². The lowest BCUT2D eigenvalue weighted by Crippen LogP contribution is -2.40. The largest absolute Gasteiger partial charge is 0.368 e. The first kappa shape index (κ1) is 20.6. The van der Waals surface area contributed by atoms with E-state index in [1.807, 2.05) is 6.26 Å². The normalized spacial score (nSPS) is 15.5. The molecule has 0 radical (unpaired) electrons. The monoisotopic (exact) mass is 385 g/mol. The molecule has 1 N–H and O–H groups in total. The van der Waals surface area contributed by atoms with Crippen molar-refractivity contribution in [2.75, 3.05) is 42.7 Å². The molecule has 142 valence electrons. The Morgan fingerprint density at radius 1 is 1.12 bits per heavy atom. The zero-order valence-corrected chi connectivity index (χ0v) is 17.8. The van der Waals surface area contributed by atoms with Gasteiger partial charge >= 0.3 is 0 Å². The summed E-state index contributed by atoms with van der Waals surface area (Å²) in [5.74, 6) is 1.62. The molecule has 0 atom stereocenters. The van der Waals surface area contributed by atoms with Crippen LogP contribution in [0.2, 0.25) is 5.15 Å². The number of piperidine rings is 1. The van der Waals surface area contributed by atoms with E-state index in [0.29, 0.717) is 17.2 Å². The van der Waals surface area contributed by atoms with Gasteiger partial charge in [-0.2, -0.15) is 9.97 Å². The molecule has 1 aromatic heterocycles. The highest BCUT2D eigenvalue weighted by Gasteiger charge is 2.19. The lowest BCUT2D eigenvalue weighted by Gasteiger charge is -2.31. The Labute approximate surface area is 161 Å². The maximum absolute atomic E-state index is 6.45. The van der Waals surface area contributed by atoms with Crippen LogP contribution in [0.4, 0.5) is 11.8 Å². The summed E-state index contributed by atoms with van der Waals surface area (Å²) in [6, 6.07) is 1.06. The van der Waals surface area contributed by atoms with Gasteiger partial charge in [0.15, 0.2) is 0 Å². The number of nitrogens with zero attached hydrogens (tertiary/aromatic N) is 4. The maximum Gasteiger partial charge on any atom is 0.228 e. The lowest BCUT2D eigenvalue weighted by molar-refractivity contribution is 0.182. The Hall–Kier alpha value is -0.720. The van der Waals surface area contributed by atoms with Crippen LogP contribution in [0, 0.1) is 0 Å². The first-order chi connectivity index (χ1) is 11.9. The van der Waals surface area contributed by atoms with Crippen molar-refractivity contribution < 1.29 is 0 Å². The van der Waals surface area contributed by atoms with Crippen molar-refractivity contribution in [3.8, 4) is 0 Å². The predicted octanol–water partition coefficient (Wildman–Crippen LogP) is 4.37. The van der Waals surface area contributed by atoms with E-state index in [1.165, 1.54) is 19.3 Å². The molecule has 1 aliphatic heterocycles. The van der Waals surface area contributed by atoms with Gasteiger partial charge in [0, 0.05) is 38.3 Å². The first-order valence-electron chi connectivity index (χ1n) is 9.30. The average molecular weight is 386 g/mol. The minimum absolute atomic E-state index is 0.528. The van der Waals surface area contributed by atoms with Gasteiger partial charge in [0.25, 0.3) is 0 Å². The molecule has 25 heavy (non-hydrogen) atoms. The molecule has 0 saturated carbocycles. The second kappa shape index (κ2) is 9.83. The Balaban J connectivity index is 2.10. The Morgan fingerprint density at radius 3 is 2.32 bits per heavy atom. The van der Waals surface area contributed by atoms with E-state index in [2.05, 4.69) is 47.8 Å². The van der Waals surface area contributed by atoms with Crippen molar-refractivity contribution in [2.45, 2.75) is 63.9 Å². The Morgan fingerprint density at radius 2 is 1.76 bits per heavy atom. The van der Waals surface area contributed by atoms with Crippen LogP contribution < -0.4 is 10.2 Å².